The van der Waals surface area contributed by atoms with Gasteiger partial charge in [0.25, 0.3) is 0 Å². The highest BCUT2D eigenvalue weighted by Crippen LogP contribution is 2.15. The van der Waals surface area contributed by atoms with Gasteiger partial charge in [-0.3, -0.25) is 0 Å². The normalized spacial score (nSPS) is 10.5. The SMILES string of the molecule is CCCOCCOC(=O)c1ccn(-c2ccccc2N)n1. The minimum Gasteiger partial charge on any atom is -0.458 e. The van der Waals surface area contributed by atoms with Crippen molar-refractivity contribution in [2.75, 3.05) is 25.6 Å². The third-order valence-electron chi connectivity index (χ3n) is 2.79. The number of benzene rings is 1. The van der Waals surface area contributed by atoms with Gasteiger partial charge < -0.3 is 15.2 Å². The Bertz CT molecular complexity index is 595. The zero-order chi connectivity index (χ0) is 15.1. The topological polar surface area (TPSA) is 79.4 Å². The Morgan fingerprint density at radius 3 is 2.81 bits per heavy atom. The molecule has 112 valence electrons. The summed E-state index contributed by atoms with van der Waals surface area (Å²) in [5, 5.41) is 4.18. The van der Waals surface area contributed by atoms with Gasteiger partial charge in [-0.15, -0.1) is 0 Å². The van der Waals surface area contributed by atoms with Crippen LogP contribution in [0.15, 0.2) is 36.5 Å². The molecule has 0 saturated heterocycles. The van der Waals surface area contributed by atoms with Crippen molar-refractivity contribution >= 4 is 11.7 Å². The van der Waals surface area contributed by atoms with Crippen molar-refractivity contribution in [2.24, 2.45) is 0 Å². The van der Waals surface area contributed by atoms with Crippen LogP contribution in [0, 0.1) is 0 Å². The Labute approximate surface area is 123 Å². The van der Waals surface area contributed by atoms with Crippen molar-refractivity contribution in [3.8, 4) is 5.69 Å². The number of carbonyl (C=O) groups is 1. The molecule has 0 radical (unpaired) electrons. The smallest absolute Gasteiger partial charge is 0.358 e. The molecule has 0 fully saturated rings. The van der Waals surface area contributed by atoms with E-state index in [0.717, 1.165) is 12.1 Å². The Morgan fingerprint density at radius 2 is 2.05 bits per heavy atom. The van der Waals surface area contributed by atoms with Gasteiger partial charge in [-0.1, -0.05) is 19.1 Å². The number of rotatable bonds is 7. The zero-order valence-corrected chi connectivity index (χ0v) is 12.0. The molecule has 0 bridgehead atoms. The Hall–Kier alpha value is -2.34. The summed E-state index contributed by atoms with van der Waals surface area (Å²) in [4.78, 5) is 11.8. The maximum absolute atomic E-state index is 11.8. The van der Waals surface area contributed by atoms with Gasteiger partial charge in [0.1, 0.15) is 6.61 Å². The van der Waals surface area contributed by atoms with Gasteiger partial charge in [-0.25, -0.2) is 9.48 Å². The van der Waals surface area contributed by atoms with Gasteiger partial charge in [-0.05, 0) is 24.6 Å². The largest absolute Gasteiger partial charge is 0.458 e. The van der Waals surface area contributed by atoms with Crippen molar-refractivity contribution < 1.29 is 14.3 Å². The molecule has 1 aromatic carbocycles. The first kappa shape index (κ1) is 15.1. The average Bonchev–Trinajstić information content (AvgIpc) is 2.97. The molecular weight excluding hydrogens is 270 g/mol. The number of hydrogen-bond donors (Lipinski definition) is 1. The summed E-state index contributed by atoms with van der Waals surface area (Å²) in [5.41, 5.74) is 7.43. The van der Waals surface area contributed by atoms with Crippen LogP contribution in [0.25, 0.3) is 5.69 Å². The van der Waals surface area contributed by atoms with Crippen LogP contribution in [0.3, 0.4) is 0 Å². The number of nitrogens with zero attached hydrogens (tertiary/aromatic N) is 2. The molecule has 6 heteroatoms. The molecule has 0 unspecified atom stereocenters. The fourth-order valence-corrected chi connectivity index (χ4v) is 1.78. The number of nitrogens with two attached hydrogens (primary N) is 1. The van der Waals surface area contributed by atoms with Gasteiger partial charge in [0.05, 0.1) is 18.0 Å². The van der Waals surface area contributed by atoms with E-state index in [2.05, 4.69) is 5.10 Å². The molecule has 0 amide bonds. The van der Waals surface area contributed by atoms with E-state index in [4.69, 9.17) is 15.2 Å². The first-order chi connectivity index (χ1) is 10.2. The predicted molar refractivity (Wildman–Crippen MR) is 79.4 cm³/mol. The van der Waals surface area contributed by atoms with E-state index < -0.39 is 5.97 Å². The molecule has 1 aromatic heterocycles. The number of esters is 1. The molecular formula is C15H19N3O3. The summed E-state index contributed by atoms with van der Waals surface area (Å²) in [6.07, 6.45) is 2.62. The molecule has 21 heavy (non-hydrogen) atoms. The molecule has 2 aromatic rings. The summed E-state index contributed by atoms with van der Waals surface area (Å²) < 4.78 is 11.9. The summed E-state index contributed by atoms with van der Waals surface area (Å²) in [7, 11) is 0. The molecule has 0 aliphatic heterocycles. The second kappa shape index (κ2) is 7.44. The Kier molecular flexibility index (Phi) is 5.34. The molecule has 0 aliphatic rings. The fourth-order valence-electron chi connectivity index (χ4n) is 1.78. The van der Waals surface area contributed by atoms with Crippen LogP contribution < -0.4 is 5.73 Å². The maximum atomic E-state index is 11.8. The minimum atomic E-state index is -0.469. The van der Waals surface area contributed by atoms with E-state index in [9.17, 15) is 4.79 Å². The minimum absolute atomic E-state index is 0.221. The summed E-state index contributed by atoms with van der Waals surface area (Å²) >= 11 is 0. The summed E-state index contributed by atoms with van der Waals surface area (Å²) in [6.45, 7) is 3.30. The third-order valence-corrected chi connectivity index (χ3v) is 2.79. The third kappa shape index (κ3) is 4.06. The summed E-state index contributed by atoms with van der Waals surface area (Å²) in [6, 6.07) is 8.90. The van der Waals surface area contributed by atoms with Crippen molar-refractivity contribution in [2.45, 2.75) is 13.3 Å². The predicted octanol–water partition coefficient (Wildman–Crippen LogP) is 2.04. The number of aromatic nitrogens is 2. The number of nitrogen functional groups attached to an aromatic ring is 1. The van der Waals surface area contributed by atoms with Crippen LogP contribution in [-0.4, -0.2) is 35.6 Å². The average molecular weight is 289 g/mol. The summed E-state index contributed by atoms with van der Waals surface area (Å²) in [5.74, 6) is -0.469. The van der Waals surface area contributed by atoms with Crippen LogP contribution >= 0.6 is 0 Å². The van der Waals surface area contributed by atoms with Crippen molar-refractivity contribution in [3.63, 3.8) is 0 Å². The van der Waals surface area contributed by atoms with Crippen LogP contribution in [0.4, 0.5) is 5.69 Å². The van der Waals surface area contributed by atoms with Crippen LogP contribution in [-0.2, 0) is 9.47 Å². The number of anilines is 1. The highest BCUT2D eigenvalue weighted by molar-refractivity contribution is 5.87. The maximum Gasteiger partial charge on any atom is 0.358 e. The van der Waals surface area contributed by atoms with Crippen LogP contribution in [0.2, 0.25) is 0 Å². The quantitative estimate of drug-likeness (QED) is 0.479. The van der Waals surface area contributed by atoms with E-state index >= 15 is 0 Å². The van der Waals surface area contributed by atoms with Crippen molar-refractivity contribution in [3.05, 3.63) is 42.2 Å². The van der Waals surface area contributed by atoms with Gasteiger partial charge in [-0.2, -0.15) is 5.10 Å². The van der Waals surface area contributed by atoms with Gasteiger partial charge in [0.15, 0.2) is 5.69 Å². The first-order valence-corrected chi connectivity index (χ1v) is 6.87. The van der Waals surface area contributed by atoms with E-state index in [1.807, 2.05) is 25.1 Å². The fraction of sp³-hybridized carbons (Fsp3) is 0.333. The number of carbonyl (C=O) groups excluding carboxylic acids is 1. The van der Waals surface area contributed by atoms with E-state index in [-0.39, 0.29) is 12.3 Å². The number of para-hydroxylation sites is 2. The second-order valence-corrected chi connectivity index (χ2v) is 4.45. The van der Waals surface area contributed by atoms with Crippen molar-refractivity contribution in [1.82, 2.24) is 9.78 Å². The lowest BCUT2D eigenvalue weighted by atomic mass is 10.3. The van der Waals surface area contributed by atoms with Crippen molar-refractivity contribution in [1.29, 1.82) is 0 Å². The second-order valence-electron chi connectivity index (χ2n) is 4.45. The highest BCUT2D eigenvalue weighted by atomic mass is 16.6. The molecule has 2 rings (SSSR count). The molecule has 1 heterocycles. The Balaban J connectivity index is 1.94. The highest BCUT2D eigenvalue weighted by Gasteiger charge is 2.12. The Morgan fingerprint density at radius 1 is 1.24 bits per heavy atom. The lowest BCUT2D eigenvalue weighted by Crippen LogP contribution is -2.12. The molecule has 6 nitrogen and oxygen atoms in total. The lowest BCUT2D eigenvalue weighted by Gasteiger charge is -2.05. The lowest BCUT2D eigenvalue weighted by molar-refractivity contribution is 0.0312. The molecule has 0 spiro atoms. The van der Waals surface area contributed by atoms with E-state index in [0.29, 0.717) is 18.9 Å². The zero-order valence-electron chi connectivity index (χ0n) is 12.0. The molecule has 0 atom stereocenters. The molecule has 0 aliphatic carbocycles. The van der Waals surface area contributed by atoms with Crippen LogP contribution in [0.5, 0.6) is 0 Å². The van der Waals surface area contributed by atoms with Gasteiger partial charge >= 0.3 is 5.97 Å². The first-order valence-electron chi connectivity index (χ1n) is 6.87. The van der Waals surface area contributed by atoms with E-state index in [1.165, 1.54) is 0 Å². The van der Waals surface area contributed by atoms with Crippen LogP contribution in [0.1, 0.15) is 23.8 Å². The molecule has 0 saturated carbocycles. The number of hydrogen-bond acceptors (Lipinski definition) is 5. The number of ether oxygens (including phenoxy) is 2. The van der Waals surface area contributed by atoms with E-state index in [1.54, 1.807) is 23.0 Å². The monoisotopic (exact) mass is 289 g/mol. The van der Waals surface area contributed by atoms with Gasteiger partial charge in [0, 0.05) is 12.8 Å². The van der Waals surface area contributed by atoms with Gasteiger partial charge in [0.2, 0.25) is 0 Å². The standard InChI is InChI=1S/C15H19N3O3/c1-2-9-20-10-11-21-15(19)13-7-8-18(17-13)14-6-4-3-5-12(14)16/h3-8H,2,9-11,16H2,1H3. The molecule has 2 N–H and O–H groups in total.